The molecule has 1 aromatic rings. The Labute approximate surface area is 149 Å². The molecule has 1 aromatic carbocycles. The fraction of sp³-hybridized carbons (Fsp3) is 0.353. The van der Waals surface area contributed by atoms with Gasteiger partial charge in [0.2, 0.25) is 5.91 Å². The number of hydrogen-bond acceptors (Lipinski definition) is 5. The summed E-state index contributed by atoms with van der Waals surface area (Å²) in [5, 5.41) is 2.61. The second-order valence-corrected chi connectivity index (χ2v) is 7.76. The molecule has 7 heteroatoms. The van der Waals surface area contributed by atoms with Crippen molar-refractivity contribution in [1.82, 2.24) is 5.32 Å². The third-order valence-electron chi connectivity index (χ3n) is 4.19. The van der Waals surface area contributed by atoms with E-state index in [0.717, 1.165) is 36.3 Å². The van der Waals surface area contributed by atoms with Crippen molar-refractivity contribution in [3.8, 4) is 5.75 Å². The van der Waals surface area contributed by atoms with E-state index in [4.69, 9.17) is 17.0 Å². The summed E-state index contributed by atoms with van der Waals surface area (Å²) in [5.41, 5.74) is 1.65. The molecular weight excluding hydrogens is 344 g/mol. The van der Waals surface area contributed by atoms with Gasteiger partial charge < -0.3 is 15.0 Å². The fourth-order valence-electron chi connectivity index (χ4n) is 2.83. The Morgan fingerprint density at radius 3 is 2.96 bits per heavy atom. The van der Waals surface area contributed by atoms with E-state index in [1.807, 2.05) is 23.1 Å². The van der Waals surface area contributed by atoms with Gasteiger partial charge in [-0.25, -0.2) is 0 Å². The largest absolute Gasteiger partial charge is 0.491 e. The van der Waals surface area contributed by atoms with Crippen LogP contribution in [-0.2, 0) is 9.59 Å². The maximum absolute atomic E-state index is 12.6. The zero-order chi connectivity index (χ0) is 16.7. The Bertz CT molecular complexity index is 771. The van der Waals surface area contributed by atoms with Crippen LogP contribution in [0.2, 0.25) is 0 Å². The number of thioether (sulfide) groups is 1. The molecule has 124 valence electrons. The SMILES string of the molecule is O=C1NC(=S)S/C1=C\c1ccc2c(c1)N(C(=O)C1CC1)CCCO2. The summed E-state index contributed by atoms with van der Waals surface area (Å²) >= 11 is 6.26. The molecule has 2 amide bonds. The number of benzene rings is 1. The first-order chi connectivity index (χ1) is 11.6. The number of rotatable bonds is 2. The summed E-state index contributed by atoms with van der Waals surface area (Å²) < 4.78 is 6.24. The van der Waals surface area contributed by atoms with Crippen molar-refractivity contribution >= 4 is 51.9 Å². The lowest BCUT2D eigenvalue weighted by Crippen LogP contribution is -2.32. The predicted molar refractivity (Wildman–Crippen MR) is 97.9 cm³/mol. The monoisotopic (exact) mass is 360 g/mol. The van der Waals surface area contributed by atoms with Gasteiger partial charge in [-0.05, 0) is 43.0 Å². The molecule has 2 aliphatic heterocycles. The standard InChI is InChI=1S/C17H16N2O3S2/c20-15-14(24-17(23)18-15)9-10-2-5-13-12(8-10)19(6-1-7-22-13)16(21)11-3-4-11/h2,5,8-9,11H,1,3-4,6-7H2,(H,18,20,23)/b14-9-. The van der Waals surface area contributed by atoms with Crippen LogP contribution in [0.3, 0.4) is 0 Å². The van der Waals surface area contributed by atoms with E-state index in [1.54, 1.807) is 6.08 Å². The highest BCUT2D eigenvalue weighted by molar-refractivity contribution is 8.26. The minimum absolute atomic E-state index is 0.159. The molecule has 0 unspecified atom stereocenters. The Hall–Kier alpha value is -1.86. The Kier molecular flexibility index (Phi) is 4.05. The molecule has 1 aliphatic carbocycles. The lowest BCUT2D eigenvalue weighted by molar-refractivity contribution is -0.119. The zero-order valence-electron chi connectivity index (χ0n) is 12.9. The summed E-state index contributed by atoms with van der Waals surface area (Å²) in [5.74, 6) is 0.886. The minimum atomic E-state index is -0.179. The molecule has 2 fully saturated rings. The van der Waals surface area contributed by atoms with Crippen LogP contribution in [-0.4, -0.2) is 29.3 Å². The molecule has 1 saturated carbocycles. The molecule has 5 nitrogen and oxygen atoms in total. The first kappa shape index (κ1) is 15.7. The van der Waals surface area contributed by atoms with Crippen molar-refractivity contribution in [2.45, 2.75) is 19.3 Å². The summed E-state index contributed by atoms with van der Waals surface area (Å²) in [6, 6.07) is 5.69. The van der Waals surface area contributed by atoms with Crippen LogP contribution in [0.25, 0.3) is 6.08 Å². The lowest BCUT2D eigenvalue weighted by Gasteiger charge is -2.22. The maximum Gasteiger partial charge on any atom is 0.263 e. The summed E-state index contributed by atoms with van der Waals surface area (Å²) in [4.78, 5) is 26.8. The van der Waals surface area contributed by atoms with Crippen LogP contribution in [0.15, 0.2) is 23.1 Å². The summed E-state index contributed by atoms with van der Waals surface area (Å²) in [7, 11) is 0. The van der Waals surface area contributed by atoms with Crippen molar-refractivity contribution in [3.05, 3.63) is 28.7 Å². The van der Waals surface area contributed by atoms with Gasteiger partial charge in [0.15, 0.2) is 0 Å². The van der Waals surface area contributed by atoms with Gasteiger partial charge in [-0.1, -0.05) is 30.0 Å². The number of ether oxygens (including phenoxy) is 1. The molecule has 2 heterocycles. The number of hydrogen-bond donors (Lipinski definition) is 1. The van der Waals surface area contributed by atoms with E-state index >= 15 is 0 Å². The van der Waals surface area contributed by atoms with E-state index in [1.165, 1.54) is 11.8 Å². The topological polar surface area (TPSA) is 58.6 Å². The molecule has 1 saturated heterocycles. The first-order valence-corrected chi connectivity index (χ1v) is 9.17. The average Bonchev–Trinajstić information content (AvgIpc) is 3.36. The van der Waals surface area contributed by atoms with Crippen molar-refractivity contribution < 1.29 is 14.3 Å². The maximum atomic E-state index is 12.6. The van der Waals surface area contributed by atoms with E-state index in [0.29, 0.717) is 22.4 Å². The smallest absolute Gasteiger partial charge is 0.263 e. The zero-order valence-corrected chi connectivity index (χ0v) is 14.5. The van der Waals surface area contributed by atoms with Crippen molar-refractivity contribution in [2.75, 3.05) is 18.1 Å². The van der Waals surface area contributed by atoms with Crippen molar-refractivity contribution in [3.63, 3.8) is 0 Å². The van der Waals surface area contributed by atoms with Gasteiger partial charge in [0.1, 0.15) is 10.1 Å². The van der Waals surface area contributed by atoms with Gasteiger partial charge in [-0.2, -0.15) is 0 Å². The second kappa shape index (κ2) is 6.22. The van der Waals surface area contributed by atoms with Gasteiger partial charge >= 0.3 is 0 Å². The van der Waals surface area contributed by atoms with Crippen LogP contribution in [0, 0.1) is 5.92 Å². The van der Waals surface area contributed by atoms with Crippen LogP contribution in [0.5, 0.6) is 5.75 Å². The van der Waals surface area contributed by atoms with Gasteiger partial charge in [0.25, 0.3) is 5.91 Å². The van der Waals surface area contributed by atoms with Gasteiger partial charge in [-0.3, -0.25) is 9.59 Å². The highest BCUT2D eigenvalue weighted by atomic mass is 32.2. The van der Waals surface area contributed by atoms with E-state index < -0.39 is 0 Å². The molecule has 0 bridgehead atoms. The summed E-state index contributed by atoms with van der Waals surface area (Å²) in [6.45, 7) is 1.27. The van der Waals surface area contributed by atoms with Crippen molar-refractivity contribution in [1.29, 1.82) is 0 Å². The number of anilines is 1. The molecular formula is C17H16N2O3S2. The number of nitrogens with one attached hydrogen (secondary N) is 1. The molecule has 24 heavy (non-hydrogen) atoms. The van der Waals surface area contributed by atoms with Crippen LogP contribution >= 0.6 is 24.0 Å². The molecule has 0 atom stereocenters. The molecule has 1 N–H and O–H groups in total. The highest BCUT2D eigenvalue weighted by Crippen LogP contribution is 2.38. The highest BCUT2D eigenvalue weighted by Gasteiger charge is 2.35. The van der Waals surface area contributed by atoms with Crippen molar-refractivity contribution in [2.24, 2.45) is 5.92 Å². The average molecular weight is 360 g/mol. The van der Waals surface area contributed by atoms with Gasteiger partial charge in [-0.15, -0.1) is 0 Å². The molecule has 4 rings (SSSR count). The van der Waals surface area contributed by atoms with Gasteiger partial charge in [0, 0.05) is 12.5 Å². The van der Waals surface area contributed by atoms with E-state index in [-0.39, 0.29) is 17.7 Å². The number of nitrogens with zero attached hydrogens (tertiary/aromatic N) is 1. The Morgan fingerprint density at radius 2 is 2.25 bits per heavy atom. The second-order valence-electron chi connectivity index (χ2n) is 6.05. The van der Waals surface area contributed by atoms with Crippen LogP contribution < -0.4 is 15.0 Å². The normalized spacial score (nSPS) is 22.0. The lowest BCUT2D eigenvalue weighted by atomic mass is 10.1. The number of carbonyl (C=O) groups is 2. The molecule has 0 radical (unpaired) electrons. The summed E-state index contributed by atoms with van der Waals surface area (Å²) in [6.07, 6.45) is 4.56. The quantitative estimate of drug-likeness (QED) is 0.649. The third kappa shape index (κ3) is 3.06. The number of amides is 2. The minimum Gasteiger partial charge on any atom is -0.491 e. The molecule has 0 spiro atoms. The Morgan fingerprint density at radius 1 is 1.42 bits per heavy atom. The number of thiocarbonyl (C=S) groups is 1. The Balaban J connectivity index is 1.69. The van der Waals surface area contributed by atoms with Gasteiger partial charge in [0.05, 0.1) is 17.2 Å². The molecule has 0 aromatic heterocycles. The fourth-order valence-corrected chi connectivity index (χ4v) is 3.88. The van der Waals surface area contributed by atoms with E-state index in [2.05, 4.69) is 5.32 Å². The number of fused-ring (bicyclic) bond motifs is 1. The van der Waals surface area contributed by atoms with E-state index in [9.17, 15) is 9.59 Å². The predicted octanol–water partition coefficient (Wildman–Crippen LogP) is 2.70. The third-order valence-corrected chi connectivity index (χ3v) is 5.35. The first-order valence-electron chi connectivity index (χ1n) is 7.95. The van der Waals surface area contributed by atoms with Crippen LogP contribution in [0.4, 0.5) is 5.69 Å². The molecule has 3 aliphatic rings. The number of carbonyl (C=O) groups excluding carboxylic acids is 2. The van der Waals surface area contributed by atoms with Crippen LogP contribution in [0.1, 0.15) is 24.8 Å².